The third-order valence-electron chi connectivity index (χ3n) is 7.26. The van der Waals surface area contributed by atoms with Crippen LogP contribution in [0.4, 0.5) is 5.69 Å². The van der Waals surface area contributed by atoms with E-state index in [0.717, 1.165) is 22.3 Å². The van der Waals surface area contributed by atoms with Gasteiger partial charge in [-0.3, -0.25) is 19.7 Å². The zero-order valence-corrected chi connectivity index (χ0v) is 14.8. The molecule has 1 heterocycles. The summed E-state index contributed by atoms with van der Waals surface area (Å²) in [5, 5.41) is 11.4. The number of cyclic esters (lactones) is 2. The molecular weight excluding hydrogens is 358 g/mol. The third kappa shape index (κ3) is 1.43. The van der Waals surface area contributed by atoms with Crippen LogP contribution in [0.1, 0.15) is 46.9 Å². The topological polar surface area (TPSA) is 86.5 Å². The maximum atomic E-state index is 13.2. The van der Waals surface area contributed by atoms with Crippen molar-refractivity contribution < 1.29 is 19.2 Å². The van der Waals surface area contributed by atoms with Crippen molar-refractivity contribution in [2.75, 3.05) is 0 Å². The van der Waals surface area contributed by atoms with Gasteiger partial charge in [0.25, 0.3) is 5.69 Å². The van der Waals surface area contributed by atoms with E-state index in [2.05, 4.69) is 0 Å². The Balaban J connectivity index is 1.78. The highest BCUT2D eigenvalue weighted by molar-refractivity contribution is 6.06. The van der Waals surface area contributed by atoms with Crippen LogP contribution in [0.15, 0.2) is 54.6 Å². The quantitative estimate of drug-likeness (QED) is 0.251. The molecule has 0 saturated carbocycles. The number of benzene rings is 2. The number of hydrogen-bond donors (Lipinski definition) is 0. The summed E-state index contributed by atoms with van der Waals surface area (Å²) in [7, 11) is 0. The van der Waals surface area contributed by atoms with Gasteiger partial charge in [0.1, 0.15) is 10.8 Å². The van der Waals surface area contributed by atoms with E-state index in [1.165, 1.54) is 6.07 Å². The van der Waals surface area contributed by atoms with Crippen molar-refractivity contribution >= 4 is 17.6 Å². The highest BCUT2D eigenvalue weighted by atomic mass is 16.6. The summed E-state index contributed by atoms with van der Waals surface area (Å²) in [6.07, 6.45) is 4.74. The molecular formula is C22H15NO5. The van der Waals surface area contributed by atoms with Gasteiger partial charge in [-0.25, -0.2) is 0 Å². The van der Waals surface area contributed by atoms with Crippen LogP contribution >= 0.6 is 0 Å². The lowest BCUT2D eigenvalue weighted by Gasteiger charge is -2.59. The van der Waals surface area contributed by atoms with Crippen molar-refractivity contribution in [3.63, 3.8) is 0 Å². The van der Waals surface area contributed by atoms with Crippen LogP contribution in [-0.2, 0) is 14.3 Å². The Bertz CT molecular complexity index is 1150. The van der Waals surface area contributed by atoms with Crippen LogP contribution in [0.2, 0.25) is 0 Å². The number of rotatable bonds is 1. The summed E-state index contributed by atoms with van der Waals surface area (Å²) < 4.78 is 5.31. The zero-order chi connectivity index (χ0) is 19.3. The van der Waals surface area contributed by atoms with Crippen LogP contribution in [0.25, 0.3) is 0 Å². The van der Waals surface area contributed by atoms with E-state index in [-0.39, 0.29) is 11.6 Å². The van der Waals surface area contributed by atoms with E-state index in [4.69, 9.17) is 4.74 Å². The lowest BCUT2D eigenvalue weighted by atomic mass is 9.38. The number of nitro benzene ring substituents is 1. The smallest absolute Gasteiger partial charge is 0.322 e. The van der Waals surface area contributed by atoms with Gasteiger partial charge in [-0.15, -0.1) is 0 Å². The van der Waals surface area contributed by atoms with Crippen LogP contribution < -0.4 is 0 Å². The first-order valence-corrected chi connectivity index (χ1v) is 9.31. The van der Waals surface area contributed by atoms with Crippen LogP contribution in [-0.4, -0.2) is 16.9 Å². The first kappa shape index (κ1) is 15.7. The zero-order valence-electron chi connectivity index (χ0n) is 14.8. The van der Waals surface area contributed by atoms with Crippen LogP contribution in [0, 0.1) is 20.9 Å². The van der Waals surface area contributed by atoms with E-state index in [1.807, 2.05) is 36.4 Å². The van der Waals surface area contributed by atoms with Gasteiger partial charge in [-0.05, 0) is 35.1 Å². The summed E-state index contributed by atoms with van der Waals surface area (Å²) in [5.41, 5.74) is 1.63. The summed E-state index contributed by atoms with van der Waals surface area (Å²) in [6.45, 7) is 0. The van der Waals surface area contributed by atoms with Gasteiger partial charge >= 0.3 is 11.9 Å². The predicted molar refractivity (Wildman–Crippen MR) is 97.6 cm³/mol. The van der Waals surface area contributed by atoms with Gasteiger partial charge < -0.3 is 4.74 Å². The Morgan fingerprint density at radius 3 is 1.96 bits per heavy atom. The van der Waals surface area contributed by atoms with E-state index in [9.17, 15) is 19.7 Å². The monoisotopic (exact) mass is 373 g/mol. The molecule has 0 radical (unpaired) electrons. The minimum Gasteiger partial charge on any atom is -0.392 e. The second kappa shape index (κ2) is 4.76. The molecule has 138 valence electrons. The Labute approximate surface area is 160 Å². The van der Waals surface area contributed by atoms with Gasteiger partial charge in [0, 0.05) is 24.0 Å². The third-order valence-corrected chi connectivity index (χ3v) is 7.26. The summed E-state index contributed by atoms with van der Waals surface area (Å²) in [5.74, 6) is -1.75. The molecule has 2 bridgehead atoms. The number of hydrogen-bond acceptors (Lipinski definition) is 5. The summed E-state index contributed by atoms with van der Waals surface area (Å²) in [4.78, 5) is 37.3. The highest BCUT2D eigenvalue weighted by Crippen LogP contribution is 2.75. The van der Waals surface area contributed by atoms with Gasteiger partial charge in [-0.2, -0.15) is 0 Å². The fraction of sp³-hybridized carbons (Fsp3) is 0.273. The molecule has 6 heteroatoms. The minimum absolute atomic E-state index is 0.00479. The largest absolute Gasteiger partial charge is 0.392 e. The van der Waals surface area contributed by atoms with Gasteiger partial charge in [0.05, 0.1) is 4.92 Å². The molecule has 1 aliphatic heterocycles. The fourth-order valence-corrected chi connectivity index (χ4v) is 6.31. The van der Waals surface area contributed by atoms with E-state index in [1.54, 1.807) is 12.1 Å². The molecule has 6 nitrogen and oxygen atoms in total. The molecule has 5 aliphatic rings. The number of nitro groups is 1. The van der Waals surface area contributed by atoms with Crippen LogP contribution in [0.5, 0.6) is 0 Å². The Hall–Kier alpha value is -3.28. The summed E-state index contributed by atoms with van der Waals surface area (Å²) >= 11 is 0. The predicted octanol–water partition coefficient (Wildman–Crippen LogP) is 3.59. The van der Waals surface area contributed by atoms with Crippen LogP contribution in [0.3, 0.4) is 0 Å². The Morgan fingerprint density at radius 1 is 0.857 bits per heavy atom. The molecule has 28 heavy (non-hydrogen) atoms. The molecule has 1 fully saturated rings. The molecule has 1 saturated heterocycles. The maximum Gasteiger partial charge on any atom is 0.322 e. The van der Waals surface area contributed by atoms with E-state index in [0.29, 0.717) is 12.8 Å². The molecule has 2 aromatic carbocycles. The van der Waals surface area contributed by atoms with Gasteiger partial charge in [-0.1, -0.05) is 42.5 Å². The molecule has 4 atom stereocenters. The number of non-ortho nitro benzene ring substituents is 1. The molecule has 0 N–H and O–H groups in total. The molecule has 0 aromatic heterocycles. The molecule has 0 unspecified atom stereocenters. The maximum absolute atomic E-state index is 13.2. The fourth-order valence-electron chi connectivity index (χ4n) is 6.31. The van der Waals surface area contributed by atoms with Crippen molar-refractivity contribution in [3.8, 4) is 0 Å². The minimum atomic E-state index is -1.04. The lowest BCUT2D eigenvalue weighted by Crippen LogP contribution is -2.59. The molecule has 0 spiro atoms. The number of ether oxygens (including phenoxy) is 1. The van der Waals surface area contributed by atoms with E-state index >= 15 is 0 Å². The SMILES string of the molecule is O=C1OC(=O)[C@@]23CC=CC[C@]12[C@@H]1c2ccccc2[C@H]3c2cc([N+](=O)[O-])ccc21. The number of carbonyl (C=O) groups is 2. The number of esters is 2. The van der Waals surface area contributed by atoms with Crippen molar-refractivity contribution in [3.05, 3.63) is 87.0 Å². The second-order valence-electron chi connectivity index (χ2n) is 8.06. The van der Waals surface area contributed by atoms with Crippen molar-refractivity contribution in [2.24, 2.45) is 10.8 Å². The lowest BCUT2D eigenvalue weighted by molar-refractivity contribution is -0.385. The van der Waals surface area contributed by atoms with Crippen molar-refractivity contribution in [2.45, 2.75) is 24.7 Å². The summed E-state index contributed by atoms with van der Waals surface area (Å²) in [6, 6.07) is 12.6. The Kier molecular flexibility index (Phi) is 2.68. The molecule has 2 aromatic rings. The Morgan fingerprint density at radius 2 is 1.39 bits per heavy atom. The molecule has 4 aliphatic carbocycles. The standard InChI is InChI=1S/C22H15NO5/c24-19-21-9-3-4-10-22(21,20(25)28-19)18-14-6-2-1-5-13(14)17(21)15-8-7-12(23(26)27)11-16(15)18/h1-8,11,17-18H,9-10H2/t17-,18+,21+,22+/m1/s1. The normalized spacial score (nSPS) is 33.6. The molecule has 0 amide bonds. The number of carbonyl (C=O) groups excluding carboxylic acids is 2. The van der Waals surface area contributed by atoms with Crippen molar-refractivity contribution in [1.29, 1.82) is 0 Å². The molecule has 7 rings (SSSR count). The average Bonchev–Trinajstić information content (AvgIpc) is 2.95. The second-order valence-corrected chi connectivity index (χ2v) is 8.06. The van der Waals surface area contributed by atoms with Gasteiger partial charge in [0.15, 0.2) is 0 Å². The average molecular weight is 373 g/mol. The first-order valence-electron chi connectivity index (χ1n) is 9.31. The number of allylic oxidation sites excluding steroid dienone is 2. The van der Waals surface area contributed by atoms with Gasteiger partial charge in [0.2, 0.25) is 0 Å². The van der Waals surface area contributed by atoms with E-state index < -0.39 is 33.6 Å². The first-order chi connectivity index (χ1) is 13.5. The number of nitrogens with zero attached hydrogens (tertiary/aromatic N) is 1. The van der Waals surface area contributed by atoms with Crippen molar-refractivity contribution in [1.82, 2.24) is 0 Å². The highest BCUT2D eigenvalue weighted by Gasteiger charge is 2.78.